The molecule has 0 aliphatic carbocycles. The summed E-state index contributed by atoms with van der Waals surface area (Å²) in [5.41, 5.74) is 0.800. The molecule has 0 radical (unpaired) electrons. The molecule has 3 aromatic carbocycles. The Balaban J connectivity index is 1.88. The van der Waals surface area contributed by atoms with Crippen molar-refractivity contribution in [3.63, 3.8) is 0 Å². The molecule has 0 heterocycles. The molecular weight excluding hydrogens is 457 g/mol. The molecular formula is C25H26FN3O4S. The normalized spacial score (nSPS) is 12.0. The zero-order chi connectivity index (χ0) is 24.7. The van der Waals surface area contributed by atoms with Gasteiger partial charge in [0.2, 0.25) is 5.91 Å². The third kappa shape index (κ3) is 5.99. The minimum Gasteiger partial charge on any atom is -0.350 e. The average molecular weight is 484 g/mol. The van der Waals surface area contributed by atoms with E-state index >= 15 is 0 Å². The number of sulfonamides is 1. The second-order valence-electron chi connectivity index (χ2n) is 7.68. The molecule has 2 amide bonds. The lowest BCUT2D eigenvalue weighted by atomic mass is 10.1. The molecule has 0 aromatic heterocycles. The van der Waals surface area contributed by atoms with E-state index in [2.05, 4.69) is 10.6 Å². The molecule has 0 fully saturated rings. The van der Waals surface area contributed by atoms with Crippen LogP contribution in [0.25, 0.3) is 0 Å². The van der Waals surface area contributed by atoms with Gasteiger partial charge in [-0.3, -0.25) is 13.9 Å². The SMILES string of the molecule is CC[C@@H](C)NC(=O)c1ccccc1NC(=O)CN(c1ccccc1)S(=O)(=O)c1ccc(F)cc1. The van der Waals surface area contributed by atoms with Crippen LogP contribution in [0, 0.1) is 5.82 Å². The summed E-state index contributed by atoms with van der Waals surface area (Å²) >= 11 is 0. The molecule has 2 N–H and O–H groups in total. The smallest absolute Gasteiger partial charge is 0.264 e. The maximum absolute atomic E-state index is 13.4. The molecule has 178 valence electrons. The van der Waals surface area contributed by atoms with E-state index in [0.29, 0.717) is 0 Å². The third-order valence-corrected chi connectivity index (χ3v) is 6.96. The first-order valence-corrected chi connectivity index (χ1v) is 12.2. The number of carbonyl (C=O) groups is 2. The molecule has 1 atom stereocenters. The Labute approximate surface area is 198 Å². The van der Waals surface area contributed by atoms with Gasteiger partial charge in [-0.2, -0.15) is 0 Å². The predicted molar refractivity (Wildman–Crippen MR) is 130 cm³/mol. The largest absolute Gasteiger partial charge is 0.350 e. The number of nitrogens with one attached hydrogen (secondary N) is 2. The van der Waals surface area contributed by atoms with Crippen molar-refractivity contribution in [2.24, 2.45) is 0 Å². The lowest BCUT2D eigenvalue weighted by molar-refractivity contribution is -0.114. The summed E-state index contributed by atoms with van der Waals surface area (Å²) in [7, 11) is -4.18. The molecule has 0 aliphatic rings. The van der Waals surface area contributed by atoms with E-state index in [1.165, 1.54) is 0 Å². The van der Waals surface area contributed by atoms with Gasteiger partial charge in [-0.15, -0.1) is 0 Å². The number of hydrogen-bond acceptors (Lipinski definition) is 4. The van der Waals surface area contributed by atoms with Crippen molar-refractivity contribution in [2.75, 3.05) is 16.2 Å². The Morgan fingerprint density at radius 1 is 0.941 bits per heavy atom. The molecule has 0 unspecified atom stereocenters. The average Bonchev–Trinajstić information content (AvgIpc) is 2.83. The van der Waals surface area contributed by atoms with E-state index < -0.39 is 28.3 Å². The van der Waals surface area contributed by atoms with Gasteiger partial charge in [-0.05, 0) is 61.9 Å². The van der Waals surface area contributed by atoms with E-state index in [1.807, 2.05) is 13.8 Å². The summed E-state index contributed by atoms with van der Waals surface area (Å²) in [5.74, 6) is -1.56. The number of anilines is 2. The van der Waals surface area contributed by atoms with Crippen LogP contribution in [-0.4, -0.2) is 32.8 Å². The first-order valence-electron chi connectivity index (χ1n) is 10.8. The van der Waals surface area contributed by atoms with Crippen LogP contribution >= 0.6 is 0 Å². The van der Waals surface area contributed by atoms with Gasteiger partial charge in [0, 0.05) is 6.04 Å². The van der Waals surface area contributed by atoms with Crippen LogP contribution in [0.3, 0.4) is 0 Å². The Morgan fingerprint density at radius 3 is 2.21 bits per heavy atom. The third-order valence-electron chi connectivity index (χ3n) is 5.17. The Bertz CT molecular complexity index is 1250. The van der Waals surface area contributed by atoms with Crippen molar-refractivity contribution < 1.29 is 22.4 Å². The molecule has 3 aromatic rings. The summed E-state index contributed by atoms with van der Waals surface area (Å²) in [5, 5.41) is 5.50. The van der Waals surface area contributed by atoms with Crippen LogP contribution in [0.5, 0.6) is 0 Å². The Morgan fingerprint density at radius 2 is 1.56 bits per heavy atom. The highest BCUT2D eigenvalue weighted by molar-refractivity contribution is 7.92. The number of rotatable bonds is 9. The number of halogens is 1. The van der Waals surface area contributed by atoms with Gasteiger partial charge in [0.1, 0.15) is 12.4 Å². The van der Waals surface area contributed by atoms with Gasteiger partial charge in [-0.25, -0.2) is 12.8 Å². The lowest BCUT2D eigenvalue weighted by Crippen LogP contribution is -2.38. The highest BCUT2D eigenvalue weighted by Crippen LogP contribution is 2.24. The highest BCUT2D eigenvalue weighted by atomic mass is 32.2. The monoisotopic (exact) mass is 483 g/mol. The molecule has 7 nitrogen and oxygen atoms in total. The van der Waals surface area contributed by atoms with Gasteiger partial charge >= 0.3 is 0 Å². The second kappa shape index (κ2) is 10.9. The molecule has 0 bridgehead atoms. The quantitative estimate of drug-likeness (QED) is 0.477. The molecule has 3 rings (SSSR count). The van der Waals surface area contributed by atoms with Crippen molar-refractivity contribution in [3.05, 3.63) is 90.2 Å². The Hall–Kier alpha value is -3.72. The summed E-state index contributed by atoms with van der Waals surface area (Å²) in [6.07, 6.45) is 0.744. The number of hydrogen-bond donors (Lipinski definition) is 2. The zero-order valence-electron chi connectivity index (χ0n) is 18.9. The van der Waals surface area contributed by atoms with Crippen molar-refractivity contribution in [1.82, 2.24) is 5.32 Å². The topological polar surface area (TPSA) is 95.6 Å². The molecule has 0 saturated heterocycles. The lowest BCUT2D eigenvalue weighted by Gasteiger charge is -2.24. The minimum absolute atomic E-state index is 0.0503. The first-order chi connectivity index (χ1) is 16.2. The number of amides is 2. The fourth-order valence-corrected chi connectivity index (χ4v) is 4.58. The summed E-state index contributed by atoms with van der Waals surface area (Å²) in [6, 6.07) is 19.0. The molecule has 0 aliphatic heterocycles. The van der Waals surface area contributed by atoms with E-state index in [9.17, 15) is 22.4 Å². The van der Waals surface area contributed by atoms with Crippen molar-refractivity contribution in [2.45, 2.75) is 31.2 Å². The maximum atomic E-state index is 13.4. The van der Waals surface area contributed by atoms with E-state index in [1.54, 1.807) is 54.6 Å². The highest BCUT2D eigenvalue weighted by Gasteiger charge is 2.27. The van der Waals surface area contributed by atoms with Crippen molar-refractivity contribution >= 4 is 33.2 Å². The van der Waals surface area contributed by atoms with Gasteiger partial charge < -0.3 is 10.6 Å². The van der Waals surface area contributed by atoms with Gasteiger partial charge in [0.15, 0.2) is 0 Å². The number of nitrogens with zero attached hydrogens (tertiary/aromatic N) is 1. The van der Waals surface area contributed by atoms with E-state index in [4.69, 9.17) is 0 Å². The van der Waals surface area contributed by atoms with Crippen molar-refractivity contribution in [3.8, 4) is 0 Å². The fraction of sp³-hybridized carbons (Fsp3) is 0.200. The second-order valence-corrected chi connectivity index (χ2v) is 9.54. The summed E-state index contributed by atoms with van der Waals surface area (Å²) in [4.78, 5) is 25.5. The van der Waals surface area contributed by atoms with Crippen LogP contribution < -0.4 is 14.9 Å². The Kier molecular flexibility index (Phi) is 8.01. The standard InChI is InChI=1S/C25H26FN3O4S/c1-3-18(2)27-25(31)22-11-7-8-12-23(22)28-24(30)17-29(20-9-5-4-6-10-20)34(32,33)21-15-13-19(26)14-16-21/h4-16,18H,3,17H2,1-2H3,(H,27,31)(H,28,30)/t18-/m1/s1. The molecule has 0 spiro atoms. The fourth-order valence-electron chi connectivity index (χ4n) is 3.16. The van der Waals surface area contributed by atoms with Gasteiger partial charge in [-0.1, -0.05) is 37.3 Å². The van der Waals surface area contributed by atoms with Crippen LogP contribution in [0.1, 0.15) is 30.6 Å². The maximum Gasteiger partial charge on any atom is 0.264 e. The van der Waals surface area contributed by atoms with Gasteiger partial charge in [0.05, 0.1) is 21.8 Å². The van der Waals surface area contributed by atoms with Crippen LogP contribution in [-0.2, 0) is 14.8 Å². The van der Waals surface area contributed by atoms with Crippen LogP contribution in [0.15, 0.2) is 83.8 Å². The number of carbonyl (C=O) groups excluding carboxylic acids is 2. The predicted octanol–water partition coefficient (Wildman–Crippen LogP) is 4.19. The summed E-state index contributed by atoms with van der Waals surface area (Å²) in [6.45, 7) is 3.26. The van der Waals surface area contributed by atoms with Crippen LogP contribution in [0.4, 0.5) is 15.8 Å². The molecule has 9 heteroatoms. The molecule has 0 saturated carbocycles. The first kappa shape index (κ1) is 24.9. The van der Waals surface area contributed by atoms with E-state index in [-0.39, 0.29) is 33.8 Å². The van der Waals surface area contributed by atoms with Crippen LogP contribution in [0.2, 0.25) is 0 Å². The molecule has 34 heavy (non-hydrogen) atoms. The van der Waals surface area contributed by atoms with Gasteiger partial charge in [0.25, 0.3) is 15.9 Å². The minimum atomic E-state index is -4.18. The number of benzene rings is 3. The van der Waals surface area contributed by atoms with E-state index in [0.717, 1.165) is 35.0 Å². The zero-order valence-corrected chi connectivity index (χ0v) is 19.7. The summed E-state index contributed by atoms with van der Waals surface area (Å²) < 4.78 is 40.9. The van der Waals surface area contributed by atoms with Crippen molar-refractivity contribution in [1.29, 1.82) is 0 Å². The number of para-hydroxylation sites is 2.